The molecule has 2 amide bonds. The number of hydrogen-bond acceptors (Lipinski definition) is 3. The lowest BCUT2D eigenvalue weighted by molar-refractivity contribution is -0.134. The first kappa shape index (κ1) is 17.3. The first-order valence-corrected chi connectivity index (χ1v) is 9.19. The van der Waals surface area contributed by atoms with Crippen molar-refractivity contribution in [3.05, 3.63) is 28.9 Å². The molecule has 2 aromatic rings. The molecule has 3 heterocycles. The maximum atomic E-state index is 14.0. The number of carbonyl (C=O) groups excluding carboxylic acids is 2. The molecule has 1 aliphatic heterocycles. The molecule has 1 saturated heterocycles. The average molecular weight is 379 g/mol. The number of rotatable bonds is 3. The van der Waals surface area contributed by atoms with Gasteiger partial charge in [0.1, 0.15) is 11.7 Å². The summed E-state index contributed by atoms with van der Waals surface area (Å²) in [6.45, 7) is 3.17. The number of halogens is 2. The highest BCUT2D eigenvalue weighted by Crippen LogP contribution is 2.53. The van der Waals surface area contributed by atoms with Gasteiger partial charge in [-0.15, -0.1) is 0 Å². The molecule has 2 aromatic heterocycles. The van der Waals surface area contributed by atoms with Crippen molar-refractivity contribution >= 4 is 34.3 Å². The largest absolute Gasteiger partial charge is 0.349 e. The van der Waals surface area contributed by atoms with Gasteiger partial charge in [-0.3, -0.25) is 9.59 Å². The van der Waals surface area contributed by atoms with Gasteiger partial charge in [0.15, 0.2) is 11.0 Å². The number of pyridine rings is 1. The minimum absolute atomic E-state index is 0.0825. The van der Waals surface area contributed by atoms with Crippen molar-refractivity contribution in [2.75, 3.05) is 13.1 Å². The number of fused-ring (bicyclic) bond motifs is 1. The van der Waals surface area contributed by atoms with Crippen molar-refractivity contribution in [2.24, 2.45) is 5.41 Å². The van der Waals surface area contributed by atoms with Crippen molar-refractivity contribution in [1.82, 2.24) is 20.2 Å². The third kappa shape index (κ3) is 3.05. The van der Waals surface area contributed by atoms with Crippen LogP contribution in [0.5, 0.6) is 0 Å². The van der Waals surface area contributed by atoms with Crippen LogP contribution in [-0.4, -0.2) is 45.8 Å². The molecule has 138 valence electrons. The standard InChI is InChI=1S/C18H20ClFN4O2/c1-10(17(26)24-6-4-18(2-3-18)5-7-24)22-16(25)12-8-11-13(23-12)9-21-15(19)14(11)20/h8-10,23H,2-7H2,1H3,(H,22,25)/t10-/m1/s1. The molecule has 0 unspecified atom stereocenters. The maximum Gasteiger partial charge on any atom is 0.268 e. The normalized spacial score (nSPS) is 19.6. The number of amides is 2. The Morgan fingerprint density at radius 1 is 1.35 bits per heavy atom. The highest BCUT2D eigenvalue weighted by atomic mass is 35.5. The van der Waals surface area contributed by atoms with E-state index in [1.165, 1.54) is 25.1 Å². The maximum absolute atomic E-state index is 14.0. The molecule has 2 fully saturated rings. The summed E-state index contributed by atoms with van der Waals surface area (Å²) < 4.78 is 14.0. The van der Waals surface area contributed by atoms with E-state index in [1.54, 1.807) is 6.92 Å². The van der Waals surface area contributed by atoms with Crippen LogP contribution in [0.4, 0.5) is 4.39 Å². The van der Waals surface area contributed by atoms with Crippen molar-refractivity contribution in [1.29, 1.82) is 0 Å². The predicted octanol–water partition coefficient (Wildman–Crippen LogP) is 2.88. The highest BCUT2D eigenvalue weighted by molar-refractivity contribution is 6.30. The molecule has 6 nitrogen and oxygen atoms in total. The van der Waals surface area contributed by atoms with Crippen molar-refractivity contribution in [3.63, 3.8) is 0 Å². The second-order valence-electron chi connectivity index (χ2n) is 7.39. The number of likely N-dealkylation sites (tertiary alicyclic amines) is 1. The van der Waals surface area contributed by atoms with E-state index in [1.807, 2.05) is 4.90 Å². The Morgan fingerprint density at radius 3 is 2.69 bits per heavy atom. The van der Waals surface area contributed by atoms with E-state index in [2.05, 4.69) is 15.3 Å². The number of hydrogen-bond donors (Lipinski definition) is 2. The molecule has 2 aliphatic rings. The molecule has 1 spiro atoms. The lowest BCUT2D eigenvalue weighted by Gasteiger charge is -2.33. The number of aromatic amines is 1. The number of H-pyrrole nitrogens is 1. The van der Waals surface area contributed by atoms with E-state index in [9.17, 15) is 14.0 Å². The molecule has 4 rings (SSSR count). The van der Waals surface area contributed by atoms with E-state index in [0.717, 1.165) is 25.9 Å². The SMILES string of the molecule is C[C@@H](NC(=O)c1cc2c(F)c(Cl)ncc2[nH]1)C(=O)N1CCC2(CC1)CC2. The summed E-state index contributed by atoms with van der Waals surface area (Å²) in [7, 11) is 0. The van der Waals surface area contributed by atoms with Gasteiger partial charge < -0.3 is 15.2 Å². The van der Waals surface area contributed by atoms with Crippen molar-refractivity contribution in [2.45, 2.75) is 38.6 Å². The highest BCUT2D eigenvalue weighted by Gasteiger charge is 2.45. The number of aromatic nitrogens is 2. The molecule has 0 aromatic carbocycles. The lowest BCUT2D eigenvalue weighted by atomic mass is 9.93. The van der Waals surface area contributed by atoms with Crippen LogP contribution in [0.3, 0.4) is 0 Å². The minimum atomic E-state index is -0.675. The Kier molecular flexibility index (Phi) is 4.14. The molecule has 26 heavy (non-hydrogen) atoms. The Labute approximate surface area is 155 Å². The molecular formula is C18H20ClFN4O2. The Hall–Kier alpha value is -2.15. The van der Waals surface area contributed by atoms with Gasteiger partial charge in [-0.2, -0.15) is 0 Å². The van der Waals surface area contributed by atoms with Crippen molar-refractivity contribution < 1.29 is 14.0 Å². The fraction of sp³-hybridized carbons (Fsp3) is 0.500. The summed E-state index contributed by atoms with van der Waals surface area (Å²) >= 11 is 5.66. The van der Waals surface area contributed by atoms with Crippen LogP contribution in [0.15, 0.2) is 12.3 Å². The topological polar surface area (TPSA) is 78.1 Å². The van der Waals surface area contributed by atoms with E-state index in [-0.39, 0.29) is 22.1 Å². The smallest absolute Gasteiger partial charge is 0.268 e. The molecule has 0 radical (unpaired) electrons. The number of carbonyl (C=O) groups is 2. The van der Waals surface area contributed by atoms with Crippen LogP contribution < -0.4 is 5.32 Å². The van der Waals surface area contributed by atoms with Gasteiger partial charge in [0, 0.05) is 18.5 Å². The van der Waals surface area contributed by atoms with Gasteiger partial charge in [-0.05, 0) is 44.1 Å². The summed E-state index contributed by atoms with van der Waals surface area (Å²) in [4.78, 5) is 33.4. The quantitative estimate of drug-likeness (QED) is 0.806. The molecular weight excluding hydrogens is 359 g/mol. The Balaban J connectivity index is 1.42. The monoisotopic (exact) mass is 378 g/mol. The minimum Gasteiger partial charge on any atom is -0.349 e. The molecule has 2 N–H and O–H groups in total. The van der Waals surface area contributed by atoms with Gasteiger partial charge in [0.2, 0.25) is 5.91 Å². The van der Waals surface area contributed by atoms with E-state index >= 15 is 0 Å². The molecule has 1 atom stereocenters. The van der Waals surface area contributed by atoms with Gasteiger partial charge in [0.25, 0.3) is 5.91 Å². The van der Waals surface area contributed by atoms with Crippen molar-refractivity contribution in [3.8, 4) is 0 Å². The Bertz CT molecular complexity index is 883. The predicted molar refractivity (Wildman–Crippen MR) is 95.5 cm³/mol. The third-order valence-electron chi connectivity index (χ3n) is 5.63. The summed E-state index contributed by atoms with van der Waals surface area (Å²) in [5.74, 6) is -1.22. The number of nitrogens with zero attached hydrogens (tertiary/aromatic N) is 2. The van der Waals surface area contributed by atoms with Crippen LogP contribution in [-0.2, 0) is 4.79 Å². The van der Waals surface area contributed by atoms with E-state index in [0.29, 0.717) is 10.9 Å². The van der Waals surface area contributed by atoms with Crippen LogP contribution in [0, 0.1) is 11.2 Å². The molecule has 1 saturated carbocycles. The summed E-state index contributed by atoms with van der Waals surface area (Å²) in [6, 6.07) is 0.733. The molecule has 0 bridgehead atoms. The summed E-state index contributed by atoms with van der Waals surface area (Å²) in [6.07, 6.45) is 6.02. The van der Waals surface area contributed by atoms with E-state index in [4.69, 9.17) is 11.6 Å². The third-order valence-corrected chi connectivity index (χ3v) is 5.89. The van der Waals surface area contributed by atoms with Gasteiger partial charge in [-0.1, -0.05) is 11.6 Å². The van der Waals surface area contributed by atoms with Crippen LogP contribution in [0.25, 0.3) is 10.9 Å². The zero-order chi connectivity index (χ0) is 18.5. The van der Waals surface area contributed by atoms with Crippen LogP contribution in [0.1, 0.15) is 43.1 Å². The summed E-state index contributed by atoms with van der Waals surface area (Å²) in [5, 5.41) is 2.64. The second-order valence-corrected chi connectivity index (χ2v) is 7.75. The lowest BCUT2D eigenvalue weighted by Crippen LogP contribution is -2.49. The Morgan fingerprint density at radius 2 is 2.04 bits per heavy atom. The molecule has 1 aliphatic carbocycles. The second kappa shape index (κ2) is 6.23. The first-order valence-electron chi connectivity index (χ1n) is 8.81. The number of piperidine rings is 1. The van der Waals surface area contributed by atoms with Gasteiger partial charge in [-0.25, -0.2) is 9.37 Å². The first-order chi connectivity index (χ1) is 12.4. The fourth-order valence-electron chi connectivity index (χ4n) is 3.65. The zero-order valence-corrected chi connectivity index (χ0v) is 15.2. The van der Waals surface area contributed by atoms with Crippen LogP contribution >= 0.6 is 11.6 Å². The van der Waals surface area contributed by atoms with E-state index < -0.39 is 17.8 Å². The zero-order valence-electron chi connectivity index (χ0n) is 14.4. The number of nitrogens with one attached hydrogen (secondary N) is 2. The van der Waals surface area contributed by atoms with Gasteiger partial charge >= 0.3 is 0 Å². The van der Waals surface area contributed by atoms with Gasteiger partial charge in [0.05, 0.1) is 11.7 Å². The average Bonchev–Trinajstić information content (AvgIpc) is 3.23. The summed E-state index contributed by atoms with van der Waals surface area (Å²) in [5.41, 5.74) is 1.03. The molecule has 8 heteroatoms. The fourth-order valence-corrected chi connectivity index (χ4v) is 3.80. The van der Waals surface area contributed by atoms with Crippen LogP contribution in [0.2, 0.25) is 5.15 Å².